The Morgan fingerprint density at radius 1 is 1.06 bits per heavy atom. The number of benzene rings is 3. The molecule has 0 aliphatic carbocycles. The third kappa shape index (κ3) is 5.01. The molecule has 0 unspecified atom stereocenters. The lowest BCUT2D eigenvalue weighted by molar-refractivity contribution is 0.102. The van der Waals surface area contributed by atoms with E-state index in [1.54, 1.807) is 0 Å². The van der Waals surface area contributed by atoms with Gasteiger partial charge in [0, 0.05) is 12.2 Å². The number of nitrogens with one attached hydrogen (secondary N) is 2. The van der Waals surface area contributed by atoms with Gasteiger partial charge in [-0.15, -0.1) is 0 Å². The Balaban J connectivity index is 1.92. The van der Waals surface area contributed by atoms with Crippen molar-refractivity contribution in [2.24, 2.45) is 5.73 Å². The van der Waals surface area contributed by atoms with E-state index in [0.29, 0.717) is 11.1 Å². The highest BCUT2D eigenvalue weighted by molar-refractivity contribution is 7.92. The van der Waals surface area contributed by atoms with Crippen molar-refractivity contribution in [2.75, 3.05) is 10.0 Å². The van der Waals surface area contributed by atoms with Gasteiger partial charge in [-0.25, -0.2) is 17.2 Å². The second kappa shape index (κ2) is 9.01. The maximum atomic E-state index is 14.0. The Hall–Kier alpha value is -3.01. The first-order valence-corrected chi connectivity index (χ1v) is 10.9. The Bertz CT molecular complexity index is 1250. The Morgan fingerprint density at radius 3 is 2.45 bits per heavy atom. The molecule has 3 rings (SSSR count). The van der Waals surface area contributed by atoms with Crippen LogP contribution in [0.2, 0.25) is 5.02 Å². The number of carbonyl (C=O) groups is 1. The van der Waals surface area contributed by atoms with Gasteiger partial charge in [-0.2, -0.15) is 0 Å². The third-order valence-corrected chi connectivity index (χ3v) is 6.15. The molecule has 1 amide bonds. The second-order valence-electron chi connectivity index (χ2n) is 6.64. The zero-order valence-electron chi connectivity index (χ0n) is 16.2. The molecule has 0 spiro atoms. The van der Waals surface area contributed by atoms with Gasteiger partial charge in [-0.3, -0.25) is 9.52 Å². The molecule has 0 saturated heterocycles. The van der Waals surface area contributed by atoms with Crippen molar-refractivity contribution in [3.05, 3.63) is 87.9 Å². The van der Waals surface area contributed by atoms with Gasteiger partial charge < -0.3 is 11.1 Å². The van der Waals surface area contributed by atoms with Crippen molar-refractivity contribution < 1.29 is 22.0 Å². The number of sulfonamides is 1. The van der Waals surface area contributed by atoms with E-state index in [9.17, 15) is 22.0 Å². The summed E-state index contributed by atoms with van der Waals surface area (Å²) in [6.45, 7) is 1.51. The summed E-state index contributed by atoms with van der Waals surface area (Å²) in [6.07, 6.45) is 0. The van der Waals surface area contributed by atoms with Gasteiger partial charge in [0.1, 0.15) is 11.6 Å². The van der Waals surface area contributed by atoms with E-state index in [2.05, 4.69) is 10.0 Å². The Labute approximate surface area is 183 Å². The monoisotopic (exact) mass is 465 g/mol. The maximum Gasteiger partial charge on any atom is 0.262 e. The normalized spacial score (nSPS) is 11.3. The Kier molecular flexibility index (Phi) is 6.59. The maximum absolute atomic E-state index is 14.0. The van der Waals surface area contributed by atoms with Gasteiger partial charge in [-0.05, 0) is 54.4 Å². The van der Waals surface area contributed by atoms with Crippen LogP contribution in [0.4, 0.5) is 20.2 Å². The lowest BCUT2D eigenvalue weighted by Gasteiger charge is -2.15. The van der Waals surface area contributed by atoms with Crippen molar-refractivity contribution in [3.63, 3.8) is 0 Å². The molecule has 0 fully saturated rings. The summed E-state index contributed by atoms with van der Waals surface area (Å²) in [5.74, 6) is -2.27. The molecule has 6 nitrogen and oxygen atoms in total. The van der Waals surface area contributed by atoms with Crippen LogP contribution in [0.25, 0.3) is 0 Å². The van der Waals surface area contributed by atoms with Crippen molar-refractivity contribution in [2.45, 2.75) is 18.4 Å². The van der Waals surface area contributed by atoms with Crippen LogP contribution in [-0.2, 0) is 16.6 Å². The van der Waals surface area contributed by atoms with Gasteiger partial charge >= 0.3 is 0 Å². The topological polar surface area (TPSA) is 101 Å². The summed E-state index contributed by atoms with van der Waals surface area (Å²) in [5.41, 5.74) is 6.33. The quantitative estimate of drug-likeness (QED) is 0.501. The van der Waals surface area contributed by atoms with Crippen LogP contribution >= 0.6 is 11.6 Å². The van der Waals surface area contributed by atoms with E-state index in [1.165, 1.54) is 49.4 Å². The van der Waals surface area contributed by atoms with E-state index < -0.39 is 27.6 Å². The number of anilines is 2. The lowest BCUT2D eigenvalue weighted by atomic mass is 10.1. The fourth-order valence-electron chi connectivity index (χ4n) is 2.78. The predicted octanol–water partition coefficient (Wildman–Crippen LogP) is 4.44. The SMILES string of the molecule is Cc1ccc(S(=O)(=O)Nc2cc(NC(=O)c3c(F)cccc3Cl)ccc2CN)cc1F. The summed E-state index contributed by atoms with van der Waals surface area (Å²) in [6, 6.07) is 11.7. The first kappa shape index (κ1) is 22.7. The summed E-state index contributed by atoms with van der Waals surface area (Å²) in [7, 11) is -4.14. The van der Waals surface area contributed by atoms with Crippen molar-refractivity contribution >= 4 is 38.9 Å². The first-order valence-electron chi connectivity index (χ1n) is 8.99. The van der Waals surface area contributed by atoms with Crippen LogP contribution in [0.1, 0.15) is 21.5 Å². The highest BCUT2D eigenvalue weighted by Gasteiger charge is 2.19. The molecule has 3 aromatic rings. The van der Waals surface area contributed by atoms with Crippen LogP contribution in [-0.4, -0.2) is 14.3 Å². The van der Waals surface area contributed by atoms with Gasteiger partial charge in [-0.1, -0.05) is 29.8 Å². The molecular formula is C21H18ClF2N3O3S. The minimum absolute atomic E-state index is 0.00647. The molecule has 10 heteroatoms. The van der Waals surface area contributed by atoms with Crippen LogP contribution in [0, 0.1) is 18.6 Å². The molecule has 3 aromatic carbocycles. The summed E-state index contributed by atoms with van der Waals surface area (Å²) < 4.78 is 55.6. The lowest BCUT2D eigenvalue weighted by Crippen LogP contribution is -2.17. The molecule has 4 N–H and O–H groups in total. The summed E-state index contributed by atoms with van der Waals surface area (Å²) in [5, 5.41) is 2.40. The highest BCUT2D eigenvalue weighted by Crippen LogP contribution is 2.26. The van der Waals surface area contributed by atoms with E-state index in [0.717, 1.165) is 12.1 Å². The summed E-state index contributed by atoms with van der Waals surface area (Å²) in [4.78, 5) is 12.2. The van der Waals surface area contributed by atoms with Gasteiger partial charge in [0.15, 0.2) is 0 Å². The van der Waals surface area contributed by atoms with Crippen LogP contribution in [0.5, 0.6) is 0 Å². The van der Waals surface area contributed by atoms with Crippen LogP contribution in [0.15, 0.2) is 59.5 Å². The predicted molar refractivity (Wildman–Crippen MR) is 116 cm³/mol. The molecule has 0 aliphatic heterocycles. The van der Waals surface area contributed by atoms with Gasteiger partial charge in [0.25, 0.3) is 15.9 Å². The average Bonchev–Trinajstić information content (AvgIpc) is 2.70. The number of halogens is 3. The number of aryl methyl sites for hydroxylation is 1. The molecule has 0 saturated carbocycles. The van der Waals surface area contributed by atoms with Crippen LogP contribution in [0.3, 0.4) is 0 Å². The number of nitrogens with two attached hydrogens (primary N) is 1. The van der Waals surface area contributed by atoms with Crippen molar-refractivity contribution in [1.82, 2.24) is 0 Å². The van der Waals surface area contributed by atoms with E-state index >= 15 is 0 Å². The molecule has 0 aliphatic rings. The number of rotatable bonds is 6. The zero-order chi connectivity index (χ0) is 22.8. The molecule has 0 atom stereocenters. The van der Waals surface area contributed by atoms with Crippen LogP contribution < -0.4 is 15.8 Å². The molecular weight excluding hydrogens is 448 g/mol. The number of hydrogen-bond acceptors (Lipinski definition) is 4. The third-order valence-electron chi connectivity index (χ3n) is 4.48. The standard InChI is InChI=1S/C21H18ClF2N3O3S/c1-12-5-8-15(10-18(12)24)31(29,30)27-19-9-14(7-6-13(19)11-25)26-21(28)20-16(22)3-2-4-17(20)23/h2-10,27H,11,25H2,1H3,(H,26,28). The number of amides is 1. The van der Waals surface area contributed by atoms with Gasteiger partial charge in [0.05, 0.1) is 21.2 Å². The highest BCUT2D eigenvalue weighted by atomic mass is 35.5. The first-order chi connectivity index (χ1) is 14.6. The summed E-state index contributed by atoms with van der Waals surface area (Å²) >= 11 is 5.91. The van der Waals surface area contributed by atoms with E-state index in [-0.39, 0.29) is 33.4 Å². The minimum Gasteiger partial charge on any atom is -0.326 e. The van der Waals surface area contributed by atoms with Crippen molar-refractivity contribution in [3.8, 4) is 0 Å². The van der Waals surface area contributed by atoms with E-state index in [1.807, 2.05) is 0 Å². The minimum atomic E-state index is -4.14. The second-order valence-corrected chi connectivity index (χ2v) is 8.73. The molecule has 0 aromatic heterocycles. The molecule has 0 bridgehead atoms. The largest absolute Gasteiger partial charge is 0.326 e. The number of hydrogen-bond donors (Lipinski definition) is 3. The smallest absolute Gasteiger partial charge is 0.262 e. The average molecular weight is 466 g/mol. The molecule has 0 heterocycles. The fourth-order valence-corrected chi connectivity index (χ4v) is 4.13. The fraction of sp³-hybridized carbons (Fsp3) is 0.0952. The molecule has 31 heavy (non-hydrogen) atoms. The van der Waals surface area contributed by atoms with E-state index in [4.69, 9.17) is 17.3 Å². The molecule has 162 valence electrons. The zero-order valence-corrected chi connectivity index (χ0v) is 17.8. The molecule has 0 radical (unpaired) electrons. The Morgan fingerprint density at radius 2 is 1.81 bits per heavy atom. The number of carbonyl (C=O) groups excluding carboxylic acids is 1. The van der Waals surface area contributed by atoms with Gasteiger partial charge in [0.2, 0.25) is 0 Å². The van der Waals surface area contributed by atoms with Crippen molar-refractivity contribution in [1.29, 1.82) is 0 Å².